The van der Waals surface area contributed by atoms with Crippen LogP contribution >= 0.6 is 11.6 Å². The highest BCUT2D eigenvalue weighted by Gasteiger charge is 2.13. The first-order valence-electron chi connectivity index (χ1n) is 7.08. The Labute approximate surface area is 137 Å². The Kier molecular flexibility index (Phi) is 4.45. The third-order valence-electron chi connectivity index (χ3n) is 3.36. The molecule has 3 aromatic rings. The normalized spacial score (nSPS) is 10.7. The summed E-state index contributed by atoms with van der Waals surface area (Å²) < 4.78 is 0. The first kappa shape index (κ1) is 15.3. The highest BCUT2D eigenvalue weighted by Crippen LogP contribution is 2.33. The molecule has 7 heteroatoms. The Hall–Kier alpha value is -2.57. The molecule has 4 N–H and O–H groups in total. The predicted molar refractivity (Wildman–Crippen MR) is 90.6 cm³/mol. The average Bonchev–Trinajstić information content (AvgIpc) is 2.94. The number of aliphatic hydroxyl groups excluding tert-OH is 1. The topological polar surface area (TPSA) is 90.0 Å². The molecule has 1 aromatic heterocycles. The number of carbonyl (C=O) groups excluding carboxylic acids is 1. The minimum absolute atomic E-state index is 0.123. The number of rotatable bonds is 4. The van der Waals surface area contributed by atoms with E-state index in [2.05, 4.69) is 20.8 Å². The number of nitrogens with one attached hydrogen (secondary N) is 3. The van der Waals surface area contributed by atoms with Gasteiger partial charge < -0.3 is 10.4 Å². The van der Waals surface area contributed by atoms with Gasteiger partial charge in [0.15, 0.2) is 5.82 Å². The van der Waals surface area contributed by atoms with Gasteiger partial charge in [-0.05, 0) is 17.7 Å². The van der Waals surface area contributed by atoms with E-state index in [1.807, 2.05) is 36.4 Å². The molecule has 0 radical (unpaired) electrons. The van der Waals surface area contributed by atoms with E-state index in [0.717, 1.165) is 22.0 Å². The van der Waals surface area contributed by atoms with Crippen molar-refractivity contribution in [3.63, 3.8) is 0 Å². The molecular weight excluding hydrogens is 316 g/mol. The number of anilines is 1. The van der Waals surface area contributed by atoms with Crippen LogP contribution in [0.25, 0.3) is 22.0 Å². The molecule has 0 saturated carbocycles. The van der Waals surface area contributed by atoms with E-state index in [0.29, 0.717) is 10.8 Å². The summed E-state index contributed by atoms with van der Waals surface area (Å²) in [6.45, 7) is 0.0534. The van der Waals surface area contributed by atoms with Crippen LogP contribution in [0.1, 0.15) is 0 Å². The van der Waals surface area contributed by atoms with Crippen molar-refractivity contribution in [3.05, 3.63) is 47.5 Å². The van der Waals surface area contributed by atoms with Crippen molar-refractivity contribution in [3.8, 4) is 11.1 Å². The van der Waals surface area contributed by atoms with Crippen LogP contribution in [0.3, 0.4) is 0 Å². The number of halogens is 1. The molecule has 0 aliphatic heterocycles. The van der Waals surface area contributed by atoms with Crippen molar-refractivity contribution in [1.29, 1.82) is 0 Å². The lowest BCUT2D eigenvalue weighted by molar-refractivity contribution is 0.244. The molecule has 0 spiro atoms. The van der Waals surface area contributed by atoms with Crippen molar-refractivity contribution >= 4 is 34.4 Å². The van der Waals surface area contributed by atoms with Crippen LogP contribution in [0, 0.1) is 0 Å². The van der Waals surface area contributed by atoms with Crippen molar-refractivity contribution in [2.24, 2.45) is 0 Å². The quantitative estimate of drug-likeness (QED) is 0.592. The van der Waals surface area contributed by atoms with Crippen LogP contribution in [-0.2, 0) is 0 Å². The maximum absolute atomic E-state index is 11.7. The summed E-state index contributed by atoms with van der Waals surface area (Å²) in [5, 5.41) is 22.2. The second kappa shape index (κ2) is 6.68. The molecule has 0 saturated heterocycles. The molecule has 23 heavy (non-hydrogen) atoms. The van der Waals surface area contributed by atoms with E-state index in [4.69, 9.17) is 16.7 Å². The number of carbonyl (C=O) groups is 1. The number of urea groups is 1. The molecule has 0 unspecified atom stereocenters. The number of aliphatic hydroxyl groups is 1. The van der Waals surface area contributed by atoms with Gasteiger partial charge >= 0.3 is 6.03 Å². The van der Waals surface area contributed by atoms with Gasteiger partial charge in [0.05, 0.1) is 17.1 Å². The maximum Gasteiger partial charge on any atom is 0.320 e. The van der Waals surface area contributed by atoms with E-state index < -0.39 is 6.03 Å². The predicted octanol–water partition coefficient (Wildman–Crippen LogP) is 3.00. The molecule has 2 amide bonds. The third-order valence-corrected chi connectivity index (χ3v) is 3.68. The summed E-state index contributed by atoms with van der Waals surface area (Å²) >= 11 is 6.35. The summed E-state index contributed by atoms with van der Waals surface area (Å²) in [7, 11) is 0. The van der Waals surface area contributed by atoms with E-state index in [9.17, 15) is 4.79 Å². The number of amides is 2. The molecule has 0 fully saturated rings. The molecule has 0 atom stereocenters. The van der Waals surface area contributed by atoms with E-state index in [1.165, 1.54) is 0 Å². The molecule has 118 valence electrons. The second-order valence-corrected chi connectivity index (χ2v) is 5.33. The fourth-order valence-corrected chi connectivity index (χ4v) is 2.57. The van der Waals surface area contributed by atoms with E-state index in [-0.39, 0.29) is 13.2 Å². The summed E-state index contributed by atoms with van der Waals surface area (Å²) in [5.41, 5.74) is 2.57. The highest BCUT2D eigenvalue weighted by atomic mass is 35.5. The zero-order valence-corrected chi connectivity index (χ0v) is 12.9. The third kappa shape index (κ3) is 3.28. The summed E-state index contributed by atoms with van der Waals surface area (Å²) in [4.78, 5) is 11.7. The van der Waals surface area contributed by atoms with Gasteiger partial charge in [0, 0.05) is 17.5 Å². The number of hydrogen-bond donors (Lipinski definition) is 4. The van der Waals surface area contributed by atoms with Crippen LogP contribution < -0.4 is 10.6 Å². The number of aromatic amines is 1. The molecule has 6 nitrogen and oxygen atoms in total. The smallest absolute Gasteiger partial charge is 0.320 e. The number of nitrogens with zero attached hydrogens (tertiary/aromatic N) is 1. The highest BCUT2D eigenvalue weighted by molar-refractivity contribution is 6.34. The SMILES string of the molecule is O=C(NCCO)Nc1n[nH]c2cc(Cl)c(-c3ccccc3)cc12. The first-order chi connectivity index (χ1) is 11.2. The molecule has 2 aromatic carbocycles. The zero-order valence-electron chi connectivity index (χ0n) is 12.1. The van der Waals surface area contributed by atoms with Crippen LogP contribution in [0.4, 0.5) is 10.6 Å². The summed E-state index contributed by atoms with van der Waals surface area (Å²) in [5.74, 6) is 0.407. The van der Waals surface area contributed by atoms with Gasteiger partial charge in [0.2, 0.25) is 0 Å². The van der Waals surface area contributed by atoms with E-state index >= 15 is 0 Å². The van der Waals surface area contributed by atoms with Gasteiger partial charge in [-0.3, -0.25) is 10.4 Å². The largest absolute Gasteiger partial charge is 0.395 e. The molecule has 0 bridgehead atoms. The molecule has 0 aliphatic rings. The standard InChI is InChI=1S/C16H15ClN4O2/c17-13-9-14-12(8-11(13)10-4-2-1-3-5-10)15(21-20-14)19-16(23)18-6-7-22/h1-5,8-9,22H,6-7H2,(H3,18,19,20,21,23). The van der Waals surface area contributed by atoms with Gasteiger partial charge in [0.1, 0.15) is 0 Å². The Morgan fingerprint density at radius 3 is 2.78 bits per heavy atom. The molecule has 1 heterocycles. The van der Waals surface area contributed by atoms with Gasteiger partial charge in [-0.1, -0.05) is 41.9 Å². The average molecular weight is 331 g/mol. The Balaban J connectivity index is 1.97. The van der Waals surface area contributed by atoms with Gasteiger partial charge in [0.25, 0.3) is 0 Å². The summed E-state index contributed by atoms with van der Waals surface area (Å²) in [6.07, 6.45) is 0. The lowest BCUT2D eigenvalue weighted by Crippen LogP contribution is -2.31. The maximum atomic E-state index is 11.7. The number of benzene rings is 2. The van der Waals surface area contributed by atoms with Gasteiger partial charge in [-0.15, -0.1) is 0 Å². The van der Waals surface area contributed by atoms with Crippen molar-refractivity contribution in [1.82, 2.24) is 15.5 Å². The van der Waals surface area contributed by atoms with Crippen LogP contribution in [0.5, 0.6) is 0 Å². The molecule has 0 aliphatic carbocycles. The number of H-pyrrole nitrogens is 1. The fourth-order valence-electron chi connectivity index (χ4n) is 2.29. The monoisotopic (exact) mass is 330 g/mol. The molecule has 3 rings (SSSR count). The lowest BCUT2D eigenvalue weighted by Gasteiger charge is -2.07. The van der Waals surface area contributed by atoms with Crippen LogP contribution in [-0.4, -0.2) is 34.5 Å². The zero-order chi connectivity index (χ0) is 16.2. The van der Waals surface area contributed by atoms with Crippen molar-refractivity contribution in [2.45, 2.75) is 0 Å². The van der Waals surface area contributed by atoms with Gasteiger partial charge in [-0.25, -0.2) is 4.79 Å². The molecular formula is C16H15ClN4O2. The fraction of sp³-hybridized carbons (Fsp3) is 0.125. The lowest BCUT2D eigenvalue weighted by atomic mass is 10.0. The van der Waals surface area contributed by atoms with Crippen molar-refractivity contribution < 1.29 is 9.90 Å². The van der Waals surface area contributed by atoms with Crippen molar-refractivity contribution in [2.75, 3.05) is 18.5 Å². The number of hydrogen-bond acceptors (Lipinski definition) is 3. The second-order valence-electron chi connectivity index (χ2n) is 4.92. The number of aromatic nitrogens is 2. The van der Waals surface area contributed by atoms with Gasteiger partial charge in [-0.2, -0.15) is 5.10 Å². The Bertz CT molecular complexity index is 833. The minimum atomic E-state index is -0.427. The van der Waals surface area contributed by atoms with E-state index in [1.54, 1.807) is 6.07 Å². The van der Waals surface area contributed by atoms with Crippen LogP contribution in [0.15, 0.2) is 42.5 Å². The summed E-state index contributed by atoms with van der Waals surface area (Å²) in [6, 6.07) is 13.0. The first-order valence-corrected chi connectivity index (χ1v) is 7.45. The Morgan fingerprint density at radius 1 is 1.26 bits per heavy atom. The Morgan fingerprint density at radius 2 is 2.04 bits per heavy atom. The minimum Gasteiger partial charge on any atom is -0.395 e. The number of fused-ring (bicyclic) bond motifs is 1. The van der Waals surface area contributed by atoms with Crippen LogP contribution in [0.2, 0.25) is 5.02 Å².